The Kier molecular flexibility index (Phi) is 2.67. The van der Waals surface area contributed by atoms with E-state index in [0.29, 0.717) is 5.56 Å². The van der Waals surface area contributed by atoms with Gasteiger partial charge >= 0.3 is 12.0 Å². The lowest BCUT2D eigenvalue weighted by Crippen LogP contribution is -1.99. The van der Waals surface area contributed by atoms with Gasteiger partial charge in [0.1, 0.15) is 5.56 Å². The predicted molar refractivity (Wildman–Crippen MR) is 48.3 cm³/mol. The molecular weight excluding hydrogens is 150 g/mol. The Balaban J connectivity index is 3.01. The molecule has 2 heteroatoms. The number of benzene rings is 1. The maximum Gasteiger partial charge on any atom is 0.386 e. The SMILES string of the molecule is CCc1cccc(C(=N)[C+]=O)c1. The largest absolute Gasteiger partial charge is 0.386 e. The van der Waals surface area contributed by atoms with Crippen LogP contribution in [-0.2, 0) is 11.2 Å². The monoisotopic (exact) mass is 160 g/mol. The van der Waals surface area contributed by atoms with Crippen molar-refractivity contribution in [3.05, 3.63) is 35.4 Å². The fourth-order valence-electron chi connectivity index (χ4n) is 1.01. The molecule has 12 heavy (non-hydrogen) atoms. The molecule has 0 saturated carbocycles. The highest BCUT2D eigenvalue weighted by atomic mass is 16.1. The molecule has 0 heterocycles. The molecule has 0 aromatic heterocycles. The number of aryl methyl sites for hydroxylation is 1. The molecule has 1 N–H and O–H groups in total. The van der Waals surface area contributed by atoms with Crippen molar-refractivity contribution in [3.63, 3.8) is 0 Å². The van der Waals surface area contributed by atoms with Crippen LogP contribution in [0.15, 0.2) is 24.3 Å². The van der Waals surface area contributed by atoms with Crippen LogP contribution in [0.25, 0.3) is 0 Å². The zero-order valence-corrected chi connectivity index (χ0v) is 6.92. The Labute approximate surface area is 71.7 Å². The summed E-state index contributed by atoms with van der Waals surface area (Å²) in [4.78, 5) is 10.2. The van der Waals surface area contributed by atoms with Gasteiger partial charge in [0.05, 0.1) is 0 Å². The predicted octanol–water partition coefficient (Wildman–Crippen LogP) is 1.73. The van der Waals surface area contributed by atoms with E-state index < -0.39 is 0 Å². The molecule has 0 atom stereocenters. The first-order valence-electron chi connectivity index (χ1n) is 3.84. The zero-order chi connectivity index (χ0) is 8.97. The molecule has 1 rings (SSSR count). The van der Waals surface area contributed by atoms with Gasteiger partial charge in [-0.1, -0.05) is 17.8 Å². The highest BCUT2D eigenvalue weighted by molar-refractivity contribution is 6.35. The smallest absolute Gasteiger partial charge is 0.250 e. The van der Waals surface area contributed by atoms with Crippen molar-refractivity contribution >= 4 is 12.0 Å². The second-order valence-corrected chi connectivity index (χ2v) is 2.53. The second-order valence-electron chi connectivity index (χ2n) is 2.53. The molecule has 0 aliphatic rings. The first kappa shape index (κ1) is 8.57. The Morgan fingerprint density at radius 2 is 2.33 bits per heavy atom. The molecule has 1 aromatic carbocycles. The van der Waals surface area contributed by atoms with E-state index >= 15 is 0 Å². The van der Waals surface area contributed by atoms with Gasteiger partial charge in [-0.15, -0.1) is 0 Å². The first-order valence-corrected chi connectivity index (χ1v) is 3.84. The van der Waals surface area contributed by atoms with E-state index in [1.807, 2.05) is 25.1 Å². The molecular formula is C10H10NO+. The van der Waals surface area contributed by atoms with Crippen LogP contribution < -0.4 is 0 Å². The molecule has 0 saturated heterocycles. The van der Waals surface area contributed by atoms with Gasteiger partial charge in [-0.3, -0.25) is 5.41 Å². The van der Waals surface area contributed by atoms with Crippen molar-refractivity contribution in [1.29, 1.82) is 5.41 Å². The van der Waals surface area contributed by atoms with E-state index in [-0.39, 0.29) is 5.71 Å². The van der Waals surface area contributed by atoms with E-state index in [4.69, 9.17) is 5.41 Å². The summed E-state index contributed by atoms with van der Waals surface area (Å²) in [5.74, 6) is 0. The number of nitrogens with one attached hydrogen (secondary N) is 1. The third kappa shape index (κ3) is 1.74. The Morgan fingerprint density at radius 1 is 1.58 bits per heavy atom. The number of carbonyl (C=O) groups excluding carboxylic acids is 1. The van der Waals surface area contributed by atoms with Crippen LogP contribution in [0, 0.1) is 5.41 Å². The fraction of sp³-hybridized carbons (Fsp3) is 0.200. The van der Waals surface area contributed by atoms with E-state index in [2.05, 4.69) is 0 Å². The van der Waals surface area contributed by atoms with Gasteiger partial charge in [-0.2, -0.15) is 0 Å². The molecule has 1 aromatic rings. The van der Waals surface area contributed by atoms with Crippen molar-refractivity contribution in [2.75, 3.05) is 0 Å². The van der Waals surface area contributed by atoms with Gasteiger partial charge in [0.2, 0.25) is 0 Å². The molecule has 0 unspecified atom stereocenters. The highest BCUT2D eigenvalue weighted by Crippen LogP contribution is 2.05. The molecule has 0 spiro atoms. The minimum absolute atomic E-state index is 0.0784. The summed E-state index contributed by atoms with van der Waals surface area (Å²) in [6.07, 6.45) is 2.48. The summed E-state index contributed by atoms with van der Waals surface area (Å²) in [5.41, 5.74) is 1.70. The normalized spacial score (nSPS) is 9.08. The van der Waals surface area contributed by atoms with Crippen molar-refractivity contribution in [2.24, 2.45) is 0 Å². The molecule has 0 amide bonds. The quantitative estimate of drug-likeness (QED) is 0.531. The van der Waals surface area contributed by atoms with Crippen LogP contribution in [0.3, 0.4) is 0 Å². The number of hydrogen-bond donors (Lipinski definition) is 1. The molecule has 2 nitrogen and oxygen atoms in total. The first-order chi connectivity index (χ1) is 5.77. The van der Waals surface area contributed by atoms with Gasteiger partial charge in [0, 0.05) is 12.1 Å². The van der Waals surface area contributed by atoms with E-state index in [1.54, 1.807) is 12.4 Å². The zero-order valence-electron chi connectivity index (χ0n) is 6.92. The highest BCUT2D eigenvalue weighted by Gasteiger charge is 2.12. The van der Waals surface area contributed by atoms with Crippen molar-refractivity contribution < 1.29 is 4.79 Å². The van der Waals surface area contributed by atoms with Crippen LogP contribution in [0.5, 0.6) is 0 Å². The van der Waals surface area contributed by atoms with Gasteiger partial charge < -0.3 is 0 Å². The van der Waals surface area contributed by atoms with Crippen molar-refractivity contribution in [2.45, 2.75) is 13.3 Å². The number of rotatable bonds is 3. The molecule has 0 bridgehead atoms. The van der Waals surface area contributed by atoms with Gasteiger partial charge in [-0.05, 0) is 18.1 Å². The van der Waals surface area contributed by atoms with Crippen LogP contribution in [0.2, 0.25) is 0 Å². The molecule has 0 aliphatic heterocycles. The maximum atomic E-state index is 10.2. The summed E-state index contributed by atoms with van der Waals surface area (Å²) < 4.78 is 0. The van der Waals surface area contributed by atoms with Gasteiger partial charge in [0.15, 0.2) is 0 Å². The third-order valence-electron chi connectivity index (χ3n) is 1.73. The number of hydrogen-bond acceptors (Lipinski definition) is 2. The van der Waals surface area contributed by atoms with Crippen LogP contribution in [0.4, 0.5) is 0 Å². The lowest BCUT2D eigenvalue weighted by atomic mass is 10.1. The van der Waals surface area contributed by atoms with Crippen molar-refractivity contribution in [3.8, 4) is 0 Å². The van der Waals surface area contributed by atoms with Gasteiger partial charge in [0.25, 0.3) is 0 Å². The van der Waals surface area contributed by atoms with Crippen molar-refractivity contribution in [1.82, 2.24) is 0 Å². The van der Waals surface area contributed by atoms with E-state index in [9.17, 15) is 4.79 Å². The summed E-state index contributed by atoms with van der Waals surface area (Å²) in [7, 11) is 0. The Hall–Kier alpha value is -1.53. The minimum atomic E-state index is -0.0784. The molecule has 0 fully saturated rings. The fourth-order valence-corrected chi connectivity index (χ4v) is 1.01. The van der Waals surface area contributed by atoms with Crippen LogP contribution in [0.1, 0.15) is 18.1 Å². The minimum Gasteiger partial charge on any atom is -0.250 e. The average Bonchev–Trinajstić information content (AvgIpc) is 2.17. The van der Waals surface area contributed by atoms with E-state index in [0.717, 1.165) is 12.0 Å². The third-order valence-corrected chi connectivity index (χ3v) is 1.73. The molecule has 0 radical (unpaired) electrons. The lowest BCUT2D eigenvalue weighted by Gasteiger charge is -1.91. The van der Waals surface area contributed by atoms with E-state index in [1.165, 1.54) is 0 Å². The Morgan fingerprint density at radius 3 is 2.92 bits per heavy atom. The maximum absolute atomic E-state index is 10.2. The summed E-state index contributed by atoms with van der Waals surface area (Å²) in [6, 6.07) is 7.40. The lowest BCUT2D eigenvalue weighted by molar-refractivity contribution is 0.566. The van der Waals surface area contributed by atoms with Crippen LogP contribution >= 0.6 is 0 Å². The van der Waals surface area contributed by atoms with Crippen LogP contribution in [-0.4, -0.2) is 12.0 Å². The second kappa shape index (κ2) is 3.74. The molecule has 60 valence electrons. The average molecular weight is 160 g/mol. The molecule has 0 aliphatic carbocycles. The summed E-state index contributed by atoms with van der Waals surface area (Å²) in [6.45, 7) is 2.04. The summed E-state index contributed by atoms with van der Waals surface area (Å²) >= 11 is 0. The summed E-state index contributed by atoms with van der Waals surface area (Å²) in [5, 5.41) is 7.23. The van der Waals surface area contributed by atoms with Gasteiger partial charge in [-0.25, -0.2) is 0 Å². The topological polar surface area (TPSA) is 40.9 Å². The Bertz CT molecular complexity index is 304. The standard InChI is InChI=1S/C10H10NO/c1-2-8-4-3-5-9(6-8)10(11)7-12/h3-6,11H,2H2,1H3/q+1.